The maximum absolute atomic E-state index is 9.77. The minimum absolute atomic E-state index is 0.172. The molecule has 20 heavy (non-hydrogen) atoms. The predicted octanol–water partition coefficient (Wildman–Crippen LogP) is 1.53. The maximum Gasteiger partial charge on any atom is 0.129 e. The van der Waals surface area contributed by atoms with Gasteiger partial charge < -0.3 is 15.6 Å². The van der Waals surface area contributed by atoms with Crippen LogP contribution in [0.25, 0.3) is 0 Å². The number of methoxy groups -OCH3 is 1. The van der Waals surface area contributed by atoms with Crippen molar-refractivity contribution in [3.63, 3.8) is 0 Å². The summed E-state index contributed by atoms with van der Waals surface area (Å²) in [5, 5.41) is 9.77. The fraction of sp³-hybridized carbons (Fsp3) is 0.533. The van der Waals surface area contributed by atoms with Gasteiger partial charge in [-0.3, -0.25) is 4.90 Å². The molecule has 1 aliphatic heterocycles. The fourth-order valence-corrected chi connectivity index (χ4v) is 2.83. The molecule has 5 heteroatoms. The Balaban J connectivity index is 2.10. The van der Waals surface area contributed by atoms with Crippen LogP contribution >= 0.6 is 12.2 Å². The molecule has 0 aromatic heterocycles. The maximum atomic E-state index is 9.77. The molecule has 0 radical (unpaired) electrons. The lowest BCUT2D eigenvalue weighted by atomic mass is 9.96. The van der Waals surface area contributed by atoms with Gasteiger partial charge in [-0.1, -0.05) is 25.2 Å². The second-order valence-electron chi connectivity index (χ2n) is 5.47. The van der Waals surface area contributed by atoms with Crippen molar-refractivity contribution in [3.8, 4) is 5.75 Å². The van der Waals surface area contributed by atoms with E-state index in [1.807, 2.05) is 18.2 Å². The Labute approximate surface area is 125 Å². The third-order valence-corrected chi connectivity index (χ3v) is 4.10. The first-order valence-electron chi connectivity index (χ1n) is 6.88. The first-order chi connectivity index (χ1) is 9.51. The van der Waals surface area contributed by atoms with Crippen LogP contribution in [0.3, 0.4) is 0 Å². The molecule has 1 fully saturated rings. The van der Waals surface area contributed by atoms with Gasteiger partial charge >= 0.3 is 0 Å². The van der Waals surface area contributed by atoms with Crippen molar-refractivity contribution in [2.45, 2.75) is 26.0 Å². The summed E-state index contributed by atoms with van der Waals surface area (Å²) in [6.07, 6.45) is 0.661. The molecule has 1 heterocycles. The van der Waals surface area contributed by atoms with E-state index in [0.717, 1.165) is 37.2 Å². The summed E-state index contributed by atoms with van der Waals surface area (Å²) in [7, 11) is 1.62. The average Bonchev–Trinajstić information content (AvgIpc) is 2.43. The quantitative estimate of drug-likeness (QED) is 0.825. The lowest BCUT2D eigenvalue weighted by molar-refractivity contribution is 0.0320. The molecular weight excluding hydrogens is 272 g/mol. The predicted molar refractivity (Wildman–Crippen MR) is 83.9 cm³/mol. The largest absolute Gasteiger partial charge is 0.496 e. The smallest absolute Gasteiger partial charge is 0.129 e. The summed E-state index contributed by atoms with van der Waals surface area (Å²) in [5.41, 5.74) is 7.68. The van der Waals surface area contributed by atoms with Crippen LogP contribution in [0.1, 0.15) is 24.5 Å². The van der Waals surface area contributed by atoms with Crippen molar-refractivity contribution in [2.75, 3.05) is 20.2 Å². The molecule has 4 nitrogen and oxygen atoms in total. The summed E-state index contributed by atoms with van der Waals surface area (Å²) in [6, 6.07) is 5.94. The van der Waals surface area contributed by atoms with Crippen LogP contribution in [0, 0.1) is 5.92 Å². The summed E-state index contributed by atoms with van der Waals surface area (Å²) >= 11 is 5.07. The number of thiocarbonyl (C=S) groups is 1. The number of piperidine rings is 1. The van der Waals surface area contributed by atoms with E-state index in [2.05, 4.69) is 11.8 Å². The molecule has 1 aromatic carbocycles. The van der Waals surface area contributed by atoms with Crippen molar-refractivity contribution in [1.82, 2.24) is 4.90 Å². The highest BCUT2D eigenvalue weighted by atomic mass is 32.1. The summed E-state index contributed by atoms with van der Waals surface area (Å²) in [4.78, 5) is 2.70. The summed E-state index contributed by atoms with van der Waals surface area (Å²) in [6.45, 7) is 4.76. The molecule has 110 valence electrons. The fourth-order valence-electron chi connectivity index (χ4n) is 2.67. The van der Waals surface area contributed by atoms with Gasteiger partial charge in [-0.2, -0.15) is 0 Å². The van der Waals surface area contributed by atoms with Crippen molar-refractivity contribution in [2.24, 2.45) is 11.7 Å². The van der Waals surface area contributed by atoms with E-state index < -0.39 is 0 Å². The summed E-state index contributed by atoms with van der Waals surface area (Å²) in [5.74, 6) is 1.03. The van der Waals surface area contributed by atoms with Crippen LogP contribution in [-0.2, 0) is 6.54 Å². The van der Waals surface area contributed by atoms with Crippen LogP contribution < -0.4 is 10.5 Å². The molecule has 1 aromatic rings. The highest BCUT2D eigenvalue weighted by molar-refractivity contribution is 7.80. The van der Waals surface area contributed by atoms with E-state index in [9.17, 15) is 5.11 Å². The zero-order valence-electron chi connectivity index (χ0n) is 12.0. The molecule has 1 aliphatic rings. The van der Waals surface area contributed by atoms with E-state index in [-0.39, 0.29) is 6.10 Å². The number of likely N-dealkylation sites (tertiary alicyclic amines) is 1. The molecule has 0 saturated carbocycles. The second kappa shape index (κ2) is 6.52. The van der Waals surface area contributed by atoms with Crippen molar-refractivity contribution in [3.05, 3.63) is 29.3 Å². The Morgan fingerprint density at radius 1 is 1.55 bits per heavy atom. The van der Waals surface area contributed by atoms with Gasteiger partial charge in [0.1, 0.15) is 10.7 Å². The monoisotopic (exact) mass is 294 g/mol. The molecule has 2 atom stereocenters. The molecule has 2 unspecified atom stereocenters. The Morgan fingerprint density at radius 2 is 2.30 bits per heavy atom. The van der Waals surface area contributed by atoms with Gasteiger partial charge in [-0.05, 0) is 30.0 Å². The number of hydrogen-bond donors (Lipinski definition) is 2. The van der Waals surface area contributed by atoms with Crippen molar-refractivity contribution >= 4 is 17.2 Å². The van der Waals surface area contributed by atoms with Crippen molar-refractivity contribution < 1.29 is 9.84 Å². The van der Waals surface area contributed by atoms with E-state index in [1.54, 1.807) is 7.11 Å². The average molecular weight is 294 g/mol. The van der Waals surface area contributed by atoms with Gasteiger partial charge in [0.2, 0.25) is 0 Å². The van der Waals surface area contributed by atoms with Gasteiger partial charge in [0.15, 0.2) is 0 Å². The number of rotatable bonds is 4. The topological polar surface area (TPSA) is 58.7 Å². The normalized spacial score (nSPS) is 23.6. The zero-order chi connectivity index (χ0) is 14.7. The lowest BCUT2D eigenvalue weighted by Gasteiger charge is -2.34. The Bertz CT molecular complexity index is 493. The van der Waals surface area contributed by atoms with Gasteiger partial charge in [0.05, 0.1) is 18.8 Å². The van der Waals surface area contributed by atoms with Gasteiger partial charge in [-0.25, -0.2) is 0 Å². The number of benzene rings is 1. The number of ether oxygens (including phenoxy) is 1. The first-order valence-corrected chi connectivity index (χ1v) is 7.29. The molecule has 0 amide bonds. The molecule has 0 spiro atoms. The minimum atomic E-state index is -0.172. The Kier molecular flexibility index (Phi) is 4.96. The van der Waals surface area contributed by atoms with E-state index in [0.29, 0.717) is 16.7 Å². The first kappa shape index (κ1) is 15.2. The van der Waals surface area contributed by atoms with Gasteiger partial charge in [0, 0.05) is 19.6 Å². The molecule has 1 saturated heterocycles. The molecular formula is C15H22N2O2S. The number of nitrogens with zero attached hydrogens (tertiary/aromatic N) is 1. The van der Waals surface area contributed by atoms with Crippen LogP contribution in [-0.4, -0.2) is 41.3 Å². The zero-order valence-corrected chi connectivity index (χ0v) is 12.8. The second-order valence-corrected chi connectivity index (χ2v) is 5.91. The summed E-state index contributed by atoms with van der Waals surface area (Å²) < 4.78 is 5.27. The molecule has 2 rings (SSSR count). The lowest BCUT2D eigenvalue weighted by Crippen LogP contribution is -2.41. The minimum Gasteiger partial charge on any atom is -0.496 e. The number of hydrogen-bond acceptors (Lipinski definition) is 4. The van der Waals surface area contributed by atoms with Gasteiger partial charge in [0.25, 0.3) is 0 Å². The molecule has 0 aliphatic carbocycles. The van der Waals surface area contributed by atoms with Crippen LogP contribution in [0.4, 0.5) is 0 Å². The Hall–Kier alpha value is -1.17. The highest BCUT2D eigenvalue weighted by Gasteiger charge is 2.24. The standard InChI is InChI=1S/C15H22N2O2S/c1-10-8-17(6-5-13(10)18)9-11-3-4-14(19-2)12(7-11)15(16)20/h3-4,7,10,13,18H,5-6,8-9H2,1-2H3,(H2,16,20). The SMILES string of the molecule is COc1ccc(CN2CCC(O)C(C)C2)cc1C(N)=S. The van der Waals surface area contributed by atoms with E-state index >= 15 is 0 Å². The van der Waals surface area contributed by atoms with E-state index in [4.69, 9.17) is 22.7 Å². The molecule has 0 bridgehead atoms. The Morgan fingerprint density at radius 3 is 2.90 bits per heavy atom. The van der Waals surface area contributed by atoms with E-state index in [1.165, 1.54) is 0 Å². The van der Waals surface area contributed by atoms with Crippen LogP contribution in [0.15, 0.2) is 18.2 Å². The third kappa shape index (κ3) is 3.48. The van der Waals surface area contributed by atoms with Gasteiger partial charge in [-0.15, -0.1) is 0 Å². The third-order valence-electron chi connectivity index (χ3n) is 3.88. The number of aliphatic hydroxyl groups is 1. The van der Waals surface area contributed by atoms with Crippen molar-refractivity contribution in [1.29, 1.82) is 0 Å². The number of nitrogens with two attached hydrogens (primary N) is 1. The van der Waals surface area contributed by atoms with Crippen LogP contribution in [0.5, 0.6) is 5.75 Å². The van der Waals surface area contributed by atoms with Crippen LogP contribution in [0.2, 0.25) is 0 Å². The molecule has 3 N–H and O–H groups in total. The highest BCUT2D eigenvalue weighted by Crippen LogP contribution is 2.23. The number of aliphatic hydroxyl groups excluding tert-OH is 1.